The molecule has 1 aromatic heterocycles. The van der Waals surface area contributed by atoms with Crippen molar-refractivity contribution < 1.29 is 24.2 Å². The summed E-state index contributed by atoms with van der Waals surface area (Å²) in [7, 11) is 0. The standard InChI is InChI=1S/C18H21ClN2O4S.C8H8O/c1-10(2)25-14(18(23)24)8-9-20-16(22)15-11(3)26-17(21-15)12-6-4-5-7-13(12)19;1-2-9-8-5-6-3-4-7(6)8/h4-7,10,14H,8-9H2,1-3H3,(H,20,22)(H,23,24);3-5H,2H2,1H3. The number of nitrogens with zero attached hydrogens (tertiary/aromatic N) is 1. The van der Waals surface area contributed by atoms with E-state index in [-0.39, 0.29) is 25.0 Å². The number of benzene rings is 2. The van der Waals surface area contributed by atoms with E-state index in [4.69, 9.17) is 26.2 Å². The number of nitrogens with one attached hydrogen (secondary N) is 1. The molecule has 9 heteroatoms. The fourth-order valence-electron chi connectivity index (χ4n) is 3.37. The maximum absolute atomic E-state index is 12.4. The maximum atomic E-state index is 12.4. The van der Waals surface area contributed by atoms with Gasteiger partial charge in [-0.25, -0.2) is 9.78 Å². The summed E-state index contributed by atoms with van der Waals surface area (Å²) in [4.78, 5) is 28.7. The van der Waals surface area contributed by atoms with E-state index in [1.165, 1.54) is 21.8 Å². The lowest BCUT2D eigenvalue weighted by Crippen LogP contribution is -2.33. The molecule has 1 atom stereocenters. The van der Waals surface area contributed by atoms with Gasteiger partial charge in [-0.15, -0.1) is 11.3 Å². The quantitative estimate of drug-likeness (QED) is 0.290. The van der Waals surface area contributed by atoms with Gasteiger partial charge in [-0.3, -0.25) is 4.79 Å². The number of carboxylic acids is 1. The van der Waals surface area contributed by atoms with Crippen LogP contribution in [0.2, 0.25) is 5.02 Å². The summed E-state index contributed by atoms with van der Waals surface area (Å²) in [5.41, 5.74) is 1.10. The number of hydrogen-bond acceptors (Lipinski definition) is 6. The van der Waals surface area contributed by atoms with Crippen molar-refractivity contribution in [1.82, 2.24) is 10.3 Å². The summed E-state index contributed by atoms with van der Waals surface area (Å²) in [5.74, 6) is -0.320. The summed E-state index contributed by atoms with van der Waals surface area (Å²) >= 11 is 7.57. The van der Waals surface area contributed by atoms with Gasteiger partial charge in [0.15, 0.2) is 6.10 Å². The minimum absolute atomic E-state index is 0.180. The molecule has 186 valence electrons. The van der Waals surface area contributed by atoms with Crippen LogP contribution < -0.4 is 10.1 Å². The van der Waals surface area contributed by atoms with Gasteiger partial charge < -0.3 is 19.9 Å². The zero-order valence-electron chi connectivity index (χ0n) is 20.1. The molecule has 0 radical (unpaired) electrons. The average Bonchev–Trinajstić information content (AvgIpc) is 3.18. The molecular weight excluding hydrogens is 488 g/mol. The Kier molecular flexibility index (Phi) is 9.26. The predicted molar refractivity (Wildman–Crippen MR) is 137 cm³/mol. The summed E-state index contributed by atoms with van der Waals surface area (Å²) in [6, 6.07) is 13.6. The molecule has 0 fully saturated rings. The van der Waals surface area contributed by atoms with Gasteiger partial charge >= 0.3 is 5.97 Å². The fourth-order valence-corrected chi connectivity index (χ4v) is 4.60. The lowest BCUT2D eigenvalue weighted by molar-refractivity contribution is -0.153. The van der Waals surface area contributed by atoms with Gasteiger partial charge in [-0.1, -0.05) is 41.9 Å². The molecule has 0 bridgehead atoms. The Morgan fingerprint density at radius 1 is 1.20 bits per heavy atom. The van der Waals surface area contributed by atoms with Crippen LogP contribution >= 0.6 is 22.9 Å². The van der Waals surface area contributed by atoms with E-state index in [1.807, 2.05) is 32.0 Å². The Balaban J connectivity index is 0.000000313. The summed E-state index contributed by atoms with van der Waals surface area (Å²) < 4.78 is 10.6. The summed E-state index contributed by atoms with van der Waals surface area (Å²) in [6.45, 7) is 8.31. The number of hydrogen-bond donors (Lipinski definition) is 2. The van der Waals surface area contributed by atoms with Crippen molar-refractivity contribution in [2.75, 3.05) is 13.2 Å². The van der Waals surface area contributed by atoms with Gasteiger partial charge in [-0.05, 0) is 45.0 Å². The largest absolute Gasteiger partial charge is 0.493 e. The van der Waals surface area contributed by atoms with Crippen molar-refractivity contribution in [3.63, 3.8) is 0 Å². The second kappa shape index (κ2) is 12.2. The molecular formula is C26H29ClN2O5S. The molecule has 2 aromatic rings. The Bertz CT molecular complexity index is 1290. The van der Waals surface area contributed by atoms with E-state index in [1.54, 1.807) is 19.9 Å². The number of halogens is 1. The third-order valence-electron chi connectivity index (χ3n) is 5.11. The number of aliphatic carboxylic acids is 1. The van der Waals surface area contributed by atoms with Crippen molar-refractivity contribution >= 4 is 34.8 Å². The molecule has 1 heterocycles. The topological polar surface area (TPSA) is 97.8 Å². The van der Waals surface area contributed by atoms with Crippen LogP contribution in [-0.4, -0.2) is 47.3 Å². The normalized spacial score (nSPS) is 11.9. The number of carbonyl (C=O) groups excluding carboxylic acids is 1. The highest BCUT2D eigenvalue weighted by Crippen LogP contribution is 2.32. The van der Waals surface area contributed by atoms with Gasteiger partial charge in [0.1, 0.15) is 16.5 Å². The van der Waals surface area contributed by atoms with Crippen LogP contribution in [0.1, 0.15) is 42.6 Å². The second-order valence-corrected chi connectivity index (χ2v) is 9.71. The Morgan fingerprint density at radius 2 is 1.94 bits per heavy atom. The highest BCUT2D eigenvalue weighted by molar-refractivity contribution is 7.15. The van der Waals surface area contributed by atoms with Crippen molar-refractivity contribution in [1.29, 1.82) is 0 Å². The van der Waals surface area contributed by atoms with Crippen LogP contribution in [-0.2, 0) is 9.53 Å². The minimum atomic E-state index is -1.04. The van der Waals surface area contributed by atoms with E-state index in [9.17, 15) is 9.59 Å². The van der Waals surface area contributed by atoms with Crippen molar-refractivity contribution in [2.45, 2.75) is 46.3 Å². The van der Waals surface area contributed by atoms with Crippen LogP contribution in [0.4, 0.5) is 0 Å². The van der Waals surface area contributed by atoms with Crippen LogP contribution in [0.5, 0.6) is 5.75 Å². The molecule has 4 rings (SSSR count). The highest BCUT2D eigenvalue weighted by Gasteiger charge is 2.21. The molecule has 0 aliphatic heterocycles. The van der Waals surface area contributed by atoms with Gasteiger partial charge in [0.2, 0.25) is 0 Å². The first-order valence-corrected chi connectivity index (χ1v) is 12.6. The van der Waals surface area contributed by atoms with Crippen LogP contribution in [0.15, 0.2) is 42.5 Å². The maximum Gasteiger partial charge on any atom is 0.332 e. The average molecular weight is 517 g/mol. The SMILES string of the molecule is CCOc1cc2ccc1=2.Cc1sc(-c2ccccc2Cl)nc1C(=O)NCCC(OC(C)C)C(=O)O. The van der Waals surface area contributed by atoms with Crippen molar-refractivity contribution in [2.24, 2.45) is 0 Å². The fraction of sp³-hybridized carbons (Fsp3) is 0.346. The number of thiazole rings is 1. The number of aromatic nitrogens is 1. The monoisotopic (exact) mass is 516 g/mol. The number of ether oxygens (including phenoxy) is 2. The minimum Gasteiger partial charge on any atom is -0.493 e. The molecule has 2 aliphatic carbocycles. The molecule has 35 heavy (non-hydrogen) atoms. The first kappa shape index (κ1) is 26.7. The number of carbonyl (C=O) groups is 2. The Hall–Kier alpha value is -2.94. The number of amides is 1. The lowest BCUT2D eigenvalue weighted by atomic mass is 10.1. The van der Waals surface area contributed by atoms with Gasteiger partial charge in [0, 0.05) is 28.6 Å². The Morgan fingerprint density at radius 3 is 2.49 bits per heavy atom. The van der Waals surface area contributed by atoms with Crippen LogP contribution in [0.3, 0.4) is 0 Å². The molecule has 1 unspecified atom stereocenters. The molecule has 2 aliphatic rings. The van der Waals surface area contributed by atoms with Crippen LogP contribution in [0.25, 0.3) is 10.6 Å². The van der Waals surface area contributed by atoms with Crippen LogP contribution in [0, 0.1) is 17.4 Å². The summed E-state index contributed by atoms with van der Waals surface area (Å²) in [5, 5.41) is 15.7. The Labute approximate surface area is 213 Å². The predicted octanol–water partition coefficient (Wildman–Crippen LogP) is 5.46. The first-order valence-electron chi connectivity index (χ1n) is 11.4. The van der Waals surface area contributed by atoms with E-state index in [0.29, 0.717) is 15.7 Å². The van der Waals surface area contributed by atoms with Crippen molar-refractivity contribution in [3.8, 4) is 16.3 Å². The van der Waals surface area contributed by atoms with E-state index in [2.05, 4.69) is 28.5 Å². The molecule has 7 nitrogen and oxygen atoms in total. The van der Waals surface area contributed by atoms with Gasteiger partial charge in [0.25, 0.3) is 5.91 Å². The smallest absolute Gasteiger partial charge is 0.332 e. The molecule has 2 N–H and O–H groups in total. The number of carboxylic acid groups (broad SMARTS) is 1. The van der Waals surface area contributed by atoms with Gasteiger partial charge in [0.05, 0.1) is 17.7 Å². The van der Waals surface area contributed by atoms with E-state index in [0.717, 1.165) is 22.8 Å². The van der Waals surface area contributed by atoms with Crippen molar-refractivity contribution in [3.05, 3.63) is 68.5 Å². The highest BCUT2D eigenvalue weighted by atomic mass is 35.5. The molecule has 1 amide bonds. The van der Waals surface area contributed by atoms with Gasteiger partial charge in [-0.2, -0.15) is 0 Å². The molecule has 0 saturated heterocycles. The molecule has 0 spiro atoms. The molecule has 0 saturated carbocycles. The molecule has 1 aromatic carbocycles. The lowest BCUT2D eigenvalue weighted by Gasteiger charge is -2.16. The number of rotatable bonds is 10. The summed E-state index contributed by atoms with van der Waals surface area (Å²) in [6.07, 6.45) is -0.976. The van der Waals surface area contributed by atoms with E-state index < -0.39 is 12.1 Å². The number of aryl methyl sites for hydroxylation is 1. The second-order valence-electron chi connectivity index (χ2n) is 8.10. The third kappa shape index (κ3) is 6.81. The zero-order chi connectivity index (χ0) is 25.5. The first-order chi connectivity index (χ1) is 16.7. The third-order valence-corrected chi connectivity index (χ3v) is 6.45. The van der Waals surface area contributed by atoms with E-state index >= 15 is 0 Å². The zero-order valence-corrected chi connectivity index (χ0v) is 21.7.